The third-order valence-corrected chi connectivity index (χ3v) is 7.26. The summed E-state index contributed by atoms with van der Waals surface area (Å²) in [5.41, 5.74) is 0.565. The van der Waals surface area contributed by atoms with Crippen molar-refractivity contribution in [2.75, 3.05) is 13.1 Å². The minimum Gasteiger partial charge on any atom is -0.349 e. The second kappa shape index (κ2) is 11.4. The first-order valence-corrected chi connectivity index (χ1v) is 13.2. The summed E-state index contributed by atoms with van der Waals surface area (Å²) >= 11 is 0. The highest BCUT2D eigenvalue weighted by Crippen LogP contribution is 2.42. The van der Waals surface area contributed by atoms with Gasteiger partial charge in [-0.15, -0.1) is 0 Å². The highest BCUT2D eigenvalue weighted by Gasteiger charge is 2.48. The lowest BCUT2D eigenvalue weighted by Crippen LogP contribution is -2.49. The van der Waals surface area contributed by atoms with Crippen molar-refractivity contribution in [3.8, 4) is 0 Å². The maximum atomic E-state index is 14.1. The lowest BCUT2D eigenvalue weighted by molar-refractivity contribution is -0.138. The topological polar surface area (TPSA) is 94.6 Å². The Morgan fingerprint density at radius 3 is 2.44 bits per heavy atom. The number of alkyl halides is 3. The summed E-state index contributed by atoms with van der Waals surface area (Å²) in [6.45, 7) is 1.93. The quantitative estimate of drug-likeness (QED) is 0.430. The molecule has 5 rings (SSSR count). The van der Waals surface area contributed by atoms with Gasteiger partial charge in [0.2, 0.25) is 5.91 Å². The minimum atomic E-state index is -4.70. The Morgan fingerprint density at radius 2 is 1.76 bits per heavy atom. The number of benzene rings is 2. The van der Waals surface area contributed by atoms with E-state index in [-0.39, 0.29) is 37.2 Å². The smallest absolute Gasteiger partial charge is 0.349 e. The van der Waals surface area contributed by atoms with Gasteiger partial charge < -0.3 is 15.5 Å². The molecule has 2 N–H and O–H groups in total. The number of rotatable bonds is 8. The zero-order valence-corrected chi connectivity index (χ0v) is 22.2. The molecule has 4 amide bonds. The third kappa shape index (κ3) is 5.65. The Morgan fingerprint density at radius 1 is 1.05 bits per heavy atom. The molecule has 0 unspecified atom stereocenters. The Kier molecular flexibility index (Phi) is 7.78. The van der Waals surface area contributed by atoms with Crippen LogP contribution in [0.1, 0.15) is 35.3 Å². The van der Waals surface area contributed by atoms with Crippen molar-refractivity contribution >= 4 is 17.8 Å². The van der Waals surface area contributed by atoms with E-state index in [0.717, 1.165) is 11.6 Å². The summed E-state index contributed by atoms with van der Waals surface area (Å²) in [6.07, 6.45) is -2.93. The van der Waals surface area contributed by atoms with Crippen molar-refractivity contribution < 1.29 is 27.6 Å². The molecule has 0 spiro atoms. The van der Waals surface area contributed by atoms with Crippen LogP contribution in [0.3, 0.4) is 0 Å². The van der Waals surface area contributed by atoms with Gasteiger partial charge in [-0.25, -0.2) is 4.79 Å². The fourth-order valence-corrected chi connectivity index (χ4v) is 5.32. The number of pyridine rings is 1. The standard InChI is InChI=1S/C30H28F3N5O3/c1-2-37-24-18-38(23(16-19-10-4-3-5-11-19)27(39)35-17-20-12-8-9-15-34-20)28(40)25(24)26(36-29(37)41)21-13-6-7-14-22(21)30(31,32)33/h3-15,23,26H,2,16-18H2,1H3,(H,35,39)(H,36,41)/t23-,26+/m1/s1. The van der Waals surface area contributed by atoms with Gasteiger partial charge in [0.05, 0.1) is 41.7 Å². The lowest BCUT2D eigenvalue weighted by Gasteiger charge is -2.33. The molecule has 0 fully saturated rings. The SMILES string of the molecule is CCN1C(=O)N[C@@H](c2ccccc2C(F)(F)F)C2=C1CN([C@H](Cc1ccccc1)C(=O)NCc1ccccn1)C2=O. The Labute approximate surface area is 234 Å². The molecule has 0 saturated carbocycles. The molecule has 0 radical (unpaired) electrons. The van der Waals surface area contributed by atoms with Crippen molar-refractivity contribution in [1.29, 1.82) is 0 Å². The van der Waals surface area contributed by atoms with E-state index < -0.39 is 41.7 Å². The number of hydrogen-bond donors (Lipinski definition) is 2. The molecule has 1 aromatic heterocycles. The number of urea groups is 1. The summed E-state index contributed by atoms with van der Waals surface area (Å²) in [7, 11) is 0. The first-order chi connectivity index (χ1) is 19.7. The number of halogens is 3. The molecule has 41 heavy (non-hydrogen) atoms. The fourth-order valence-electron chi connectivity index (χ4n) is 5.32. The van der Waals surface area contributed by atoms with E-state index in [2.05, 4.69) is 15.6 Å². The molecule has 8 nitrogen and oxygen atoms in total. The predicted octanol–water partition coefficient (Wildman–Crippen LogP) is 4.21. The molecular formula is C30H28F3N5O3. The average molecular weight is 564 g/mol. The van der Waals surface area contributed by atoms with Crippen LogP contribution in [-0.4, -0.2) is 51.8 Å². The first kappa shape index (κ1) is 27.9. The van der Waals surface area contributed by atoms with Crippen molar-refractivity contribution in [3.63, 3.8) is 0 Å². The molecule has 11 heteroatoms. The van der Waals surface area contributed by atoms with Gasteiger partial charge in [0, 0.05) is 19.2 Å². The van der Waals surface area contributed by atoms with E-state index in [4.69, 9.17) is 0 Å². The highest BCUT2D eigenvalue weighted by atomic mass is 19.4. The predicted molar refractivity (Wildman–Crippen MR) is 144 cm³/mol. The molecule has 0 saturated heterocycles. The maximum Gasteiger partial charge on any atom is 0.416 e. The lowest BCUT2D eigenvalue weighted by atomic mass is 9.91. The van der Waals surface area contributed by atoms with Gasteiger partial charge in [-0.2, -0.15) is 13.2 Å². The van der Waals surface area contributed by atoms with Crippen molar-refractivity contribution in [2.24, 2.45) is 0 Å². The van der Waals surface area contributed by atoms with Gasteiger partial charge in [0.25, 0.3) is 5.91 Å². The van der Waals surface area contributed by atoms with E-state index in [1.54, 1.807) is 31.3 Å². The van der Waals surface area contributed by atoms with Gasteiger partial charge in [-0.3, -0.25) is 19.5 Å². The Balaban J connectivity index is 1.52. The van der Waals surface area contributed by atoms with Crippen molar-refractivity contribution in [2.45, 2.75) is 38.1 Å². The summed E-state index contributed by atoms with van der Waals surface area (Å²) in [5, 5.41) is 5.45. The van der Waals surface area contributed by atoms with Gasteiger partial charge in [-0.05, 0) is 36.2 Å². The molecule has 2 aliphatic rings. The van der Waals surface area contributed by atoms with Crippen molar-refractivity contribution in [3.05, 3.63) is 113 Å². The zero-order chi connectivity index (χ0) is 29.1. The molecule has 3 heterocycles. The van der Waals surface area contributed by atoms with Crippen molar-refractivity contribution in [1.82, 2.24) is 25.4 Å². The number of likely N-dealkylation sites (N-methyl/N-ethyl adjacent to an activating group) is 1. The van der Waals surface area contributed by atoms with E-state index in [9.17, 15) is 27.6 Å². The van der Waals surface area contributed by atoms with Gasteiger partial charge >= 0.3 is 12.2 Å². The van der Waals surface area contributed by atoms with Gasteiger partial charge in [-0.1, -0.05) is 54.6 Å². The summed E-state index contributed by atoms with van der Waals surface area (Å²) in [6, 6.07) is 16.4. The third-order valence-electron chi connectivity index (χ3n) is 7.26. The molecule has 0 aliphatic carbocycles. The molecule has 3 aromatic rings. The van der Waals surface area contributed by atoms with Gasteiger partial charge in [0.1, 0.15) is 6.04 Å². The molecule has 2 aromatic carbocycles. The van der Waals surface area contributed by atoms with E-state index >= 15 is 0 Å². The van der Waals surface area contributed by atoms with Crippen LogP contribution in [0.5, 0.6) is 0 Å². The minimum absolute atomic E-state index is 0.0266. The van der Waals surface area contributed by atoms with Crippen LogP contribution in [0.25, 0.3) is 0 Å². The first-order valence-electron chi connectivity index (χ1n) is 13.2. The van der Waals surface area contributed by atoms with E-state index in [1.165, 1.54) is 28.0 Å². The van der Waals surface area contributed by atoms with Gasteiger partial charge in [0.15, 0.2) is 0 Å². The van der Waals surface area contributed by atoms with E-state index in [0.29, 0.717) is 11.4 Å². The monoisotopic (exact) mass is 563 g/mol. The molecule has 212 valence electrons. The number of carbonyl (C=O) groups excluding carboxylic acids is 3. The number of carbonyl (C=O) groups is 3. The molecular weight excluding hydrogens is 535 g/mol. The Hall–Kier alpha value is -4.67. The number of amides is 4. The normalized spacial score (nSPS) is 17.8. The molecule has 2 aliphatic heterocycles. The van der Waals surface area contributed by atoms with E-state index in [1.807, 2.05) is 30.3 Å². The van der Waals surface area contributed by atoms with Crippen LogP contribution in [0.2, 0.25) is 0 Å². The van der Waals surface area contributed by atoms with Crippen LogP contribution >= 0.6 is 0 Å². The van der Waals surface area contributed by atoms with Crippen LogP contribution in [0.15, 0.2) is 90.3 Å². The zero-order valence-electron chi connectivity index (χ0n) is 22.2. The van der Waals surface area contributed by atoms with Crippen LogP contribution in [0, 0.1) is 0 Å². The maximum absolute atomic E-state index is 14.1. The molecule has 0 bridgehead atoms. The summed E-state index contributed by atoms with van der Waals surface area (Å²) in [4.78, 5) is 47.7. The van der Waals surface area contributed by atoms with Crippen LogP contribution < -0.4 is 10.6 Å². The summed E-state index contributed by atoms with van der Waals surface area (Å²) < 4.78 is 41.9. The number of nitrogens with zero attached hydrogens (tertiary/aromatic N) is 3. The second-order valence-electron chi connectivity index (χ2n) is 9.75. The van der Waals surface area contributed by atoms with Crippen LogP contribution in [0.4, 0.5) is 18.0 Å². The molecule has 2 atom stereocenters. The highest BCUT2D eigenvalue weighted by molar-refractivity contribution is 6.03. The largest absolute Gasteiger partial charge is 0.416 e. The average Bonchev–Trinajstić information content (AvgIpc) is 3.31. The second-order valence-corrected chi connectivity index (χ2v) is 9.75. The number of aromatic nitrogens is 1. The number of nitrogens with one attached hydrogen (secondary N) is 2. The Bertz CT molecular complexity index is 1480. The summed E-state index contributed by atoms with van der Waals surface area (Å²) in [5.74, 6) is -1.04. The fraction of sp³-hybridized carbons (Fsp3) is 0.267. The number of hydrogen-bond acceptors (Lipinski definition) is 4. The van der Waals surface area contributed by atoms with Crippen LogP contribution in [-0.2, 0) is 28.7 Å².